The molecular formula is C9H11F2N3O. The molecular weight excluding hydrogens is 204 g/mol. The molecule has 0 spiro atoms. The second-order valence-corrected chi connectivity index (χ2v) is 2.91. The van der Waals surface area contributed by atoms with Crippen LogP contribution >= 0.6 is 0 Å². The molecule has 0 fully saturated rings. The Morgan fingerprint density at radius 1 is 1.40 bits per heavy atom. The van der Waals surface area contributed by atoms with E-state index >= 15 is 0 Å². The molecule has 6 heteroatoms. The average molecular weight is 215 g/mol. The zero-order valence-corrected chi connectivity index (χ0v) is 7.89. The number of carbonyl (C=O) groups is 1. The molecule has 4 nitrogen and oxygen atoms in total. The second kappa shape index (κ2) is 4.70. The van der Waals surface area contributed by atoms with E-state index in [-0.39, 0.29) is 24.3 Å². The van der Waals surface area contributed by atoms with Crippen LogP contribution in [0.2, 0.25) is 0 Å². The van der Waals surface area contributed by atoms with Gasteiger partial charge in [-0.05, 0) is 12.1 Å². The maximum atomic E-state index is 13.2. The first-order valence-electron chi connectivity index (χ1n) is 4.29. The molecule has 1 aromatic carbocycles. The number of rotatable bonds is 3. The van der Waals surface area contributed by atoms with Crippen LogP contribution in [0.25, 0.3) is 0 Å². The summed E-state index contributed by atoms with van der Waals surface area (Å²) < 4.78 is 26.0. The van der Waals surface area contributed by atoms with Gasteiger partial charge in [-0.3, -0.25) is 4.79 Å². The monoisotopic (exact) mass is 215 g/mol. The number of nitrogens with one attached hydrogen (secondary N) is 1. The Morgan fingerprint density at radius 3 is 2.67 bits per heavy atom. The lowest BCUT2D eigenvalue weighted by Crippen LogP contribution is -2.18. The molecule has 0 aliphatic carbocycles. The Hall–Kier alpha value is -1.69. The highest BCUT2D eigenvalue weighted by Gasteiger charge is 2.13. The van der Waals surface area contributed by atoms with Gasteiger partial charge in [-0.25, -0.2) is 8.78 Å². The fourth-order valence-electron chi connectivity index (χ4n) is 1.03. The van der Waals surface area contributed by atoms with Crippen LogP contribution in [-0.2, 0) is 4.79 Å². The van der Waals surface area contributed by atoms with Crippen LogP contribution in [0.5, 0.6) is 0 Å². The van der Waals surface area contributed by atoms with Gasteiger partial charge in [-0.1, -0.05) is 0 Å². The van der Waals surface area contributed by atoms with Crippen LogP contribution in [0.3, 0.4) is 0 Å². The first-order chi connectivity index (χ1) is 7.06. The number of halogens is 2. The summed E-state index contributed by atoms with van der Waals surface area (Å²) in [6.07, 6.45) is 0.0232. The molecule has 82 valence electrons. The number of hydrogen-bond acceptors (Lipinski definition) is 3. The van der Waals surface area contributed by atoms with Crippen molar-refractivity contribution in [2.75, 3.05) is 17.6 Å². The topological polar surface area (TPSA) is 81.1 Å². The van der Waals surface area contributed by atoms with E-state index in [2.05, 4.69) is 5.32 Å². The number of anilines is 2. The van der Waals surface area contributed by atoms with Gasteiger partial charge in [-0.2, -0.15) is 0 Å². The molecule has 1 aromatic rings. The Labute approximate surface area is 85.2 Å². The molecule has 0 unspecified atom stereocenters. The van der Waals surface area contributed by atoms with Gasteiger partial charge in [0.1, 0.15) is 5.69 Å². The molecule has 0 radical (unpaired) electrons. The fourth-order valence-corrected chi connectivity index (χ4v) is 1.03. The third-order valence-electron chi connectivity index (χ3n) is 1.76. The number of nitrogens with two attached hydrogens (primary N) is 2. The molecule has 0 saturated carbocycles. The van der Waals surface area contributed by atoms with E-state index in [1.54, 1.807) is 0 Å². The van der Waals surface area contributed by atoms with E-state index in [0.717, 1.165) is 6.07 Å². The number of carbonyl (C=O) groups excluding carboxylic acids is 1. The van der Waals surface area contributed by atoms with Crippen LogP contribution in [0.1, 0.15) is 6.42 Å². The fraction of sp³-hybridized carbons (Fsp3) is 0.222. The normalized spacial score (nSPS) is 10.1. The van der Waals surface area contributed by atoms with Gasteiger partial charge in [0.05, 0.1) is 5.69 Å². The standard InChI is InChI=1S/C9H11F2N3O/c10-5-1-2-6(13)9(8(5)11)14-7(15)3-4-12/h1-2H,3-4,12-13H2,(H,14,15). The van der Waals surface area contributed by atoms with Crippen molar-refractivity contribution in [3.63, 3.8) is 0 Å². The Bertz CT molecular complexity index is 382. The maximum Gasteiger partial charge on any atom is 0.225 e. The van der Waals surface area contributed by atoms with E-state index in [9.17, 15) is 13.6 Å². The summed E-state index contributed by atoms with van der Waals surface area (Å²) in [4.78, 5) is 11.1. The minimum Gasteiger partial charge on any atom is -0.397 e. The summed E-state index contributed by atoms with van der Waals surface area (Å²) in [5, 5.41) is 2.16. The van der Waals surface area contributed by atoms with Crippen LogP contribution in [0.15, 0.2) is 12.1 Å². The summed E-state index contributed by atoms with van der Waals surface area (Å²) in [5.74, 6) is -2.73. The lowest BCUT2D eigenvalue weighted by Gasteiger charge is -2.08. The quantitative estimate of drug-likeness (QED) is 0.653. The molecule has 0 bridgehead atoms. The van der Waals surface area contributed by atoms with Crippen LogP contribution < -0.4 is 16.8 Å². The van der Waals surface area contributed by atoms with E-state index in [4.69, 9.17) is 11.5 Å². The van der Waals surface area contributed by atoms with E-state index in [0.29, 0.717) is 0 Å². The van der Waals surface area contributed by atoms with Crippen LogP contribution in [0, 0.1) is 11.6 Å². The van der Waals surface area contributed by atoms with Crippen molar-refractivity contribution < 1.29 is 13.6 Å². The zero-order valence-electron chi connectivity index (χ0n) is 7.89. The summed E-state index contributed by atoms with van der Waals surface area (Å²) in [5.41, 5.74) is 10.1. The van der Waals surface area contributed by atoms with Gasteiger partial charge in [0.2, 0.25) is 5.91 Å². The van der Waals surface area contributed by atoms with Gasteiger partial charge in [-0.15, -0.1) is 0 Å². The van der Waals surface area contributed by atoms with E-state index in [1.807, 2.05) is 0 Å². The highest BCUT2D eigenvalue weighted by Crippen LogP contribution is 2.24. The predicted octanol–water partition coefficient (Wildman–Crippen LogP) is 0.834. The third-order valence-corrected chi connectivity index (χ3v) is 1.76. The third kappa shape index (κ3) is 2.63. The van der Waals surface area contributed by atoms with Gasteiger partial charge in [0, 0.05) is 13.0 Å². The molecule has 1 rings (SSSR count). The van der Waals surface area contributed by atoms with Crippen LogP contribution in [0.4, 0.5) is 20.2 Å². The number of nitrogen functional groups attached to an aromatic ring is 1. The van der Waals surface area contributed by atoms with Crippen molar-refractivity contribution in [3.05, 3.63) is 23.8 Å². The summed E-state index contributed by atoms with van der Waals surface area (Å²) in [6.45, 7) is 0.128. The predicted molar refractivity (Wildman–Crippen MR) is 53.1 cm³/mol. The van der Waals surface area contributed by atoms with Crippen molar-refractivity contribution in [1.82, 2.24) is 0 Å². The maximum absolute atomic E-state index is 13.2. The summed E-state index contributed by atoms with van der Waals surface area (Å²) in [6, 6.07) is 2.07. The first kappa shape index (κ1) is 11.4. The second-order valence-electron chi connectivity index (χ2n) is 2.91. The number of benzene rings is 1. The first-order valence-corrected chi connectivity index (χ1v) is 4.29. The van der Waals surface area contributed by atoms with E-state index in [1.165, 1.54) is 6.07 Å². The molecule has 0 aliphatic heterocycles. The van der Waals surface area contributed by atoms with Crippen molar-refractivity contribution >= 4 is 17.3 Å². The lowest BCUT2D eigenvalue weighted by molar-refractivity contribution is -0.116. The van der Waals surface area contributed by atoms with Gasteiger partial charge in [0.15, 0.2) is 11.6 Å². The minimum atomic E-state index is -1.17. The van der Waals surface area contributed by atoms with Gasteiger partial charge < -0.3 is 16.8 Å². The van der Waals surface area contributed by atoms with E-state index < -0.39 is 17.5 Å². The molecule has 0 atom stereocenters. The lowest BCUT2D eigenvalue weighted by atomic mass is 10.2. The van der Waals surface area contributed by atoms with Crippen molar-refractivity contribution in [3.8, 4) is 0 Å². The Kier molecular flexibility index (Phi) is 3.56. The number of amides is 1. The molecule has 0 aromatic heterocycles. The molecule has 1 amide bonds. The Morgan fingerprint density at radius 2 is 2.07 bits per heavy atom. The molecule has 0 saturated heterocycles. The van der Waals surface area contributed by atoms with Crippen molar-refractivity contribution in [1.29, 1.82) is 0 Å². The molecule has 0 aliphatic rings. The van der Waals surface area contributed by atoms with Crippen molar-refractivity contribution in [2.24, 2.45) is 5.73 Å². The average Bonchev–Trinajstić information content (AvgIpc) is 2.19. The zero-order chi connectivity index (χ0) is 11.4. The van der Waals surface area contributed by atoms with Gasteiger partial charge >= 0.3 is 0 Å². The largest absolute Gasteiger partial charge is 0.397 e. The number of hydrogen-bond donors (Lipinski definition) is 3. The summed E-state index contributed by atoms with van der Waals surface area (Å²) in [7, 11) is 0. The highest BCUT2D eigenvalue weighted by molar-refractivity contribution is 5.94. The smallest absolute Gasteiger partial charge is 0.225 e. The summed E-state index contributed by atoms with van der Waals surface area (Å²) >= 11 is 0. The van der Waals surface area contributed by atoms with Crippen LogP contribution in [-0.4, -0.2) is 12.5 Å². The molecule has 15 heavy (non-hydrogen) atoms. The molecule has 5 N–H and O–H groups in total. The molecule has 0 heterocycles. The Balaban J connectivity index is 2.93. The minimum absolute atomic E-state index is 0.0232. The van der Waals surface area contributed by atoms with Crippen molar-refractivity contribution in [2.45, 2.75) is 6.42 Å². The van der Waals surface area contributed by atoms with Gasteiger partial charge in [0.25, 0.3) is 0 Å². The highest BCUT2D eigenvalue weighted by atomic mass is 19.2. The SMILES string of the molecule is NCCC(=O)Nc1c(N)ccc(F)c1F.